The predicted molar refractivity (Wildman–Crippen MR) is 43.7 cm³/mol. The Morgan fingerprint density at radius 2 is 2.08 bits per heavy atom. The van der Waals surface area contributed by atoms with Crippen molar-refractivity contribution in [3.63, 3.8) is 0 Å². The predicted octanol–water partition coefficient (Wildman–Crippen LogP) is 1.31. The summed E-state index contributed by atoms with van der Waals surface area (Å²) in [6.45, 7) is 3.47. The molecule has 0 saturated carbocycles. The van der Waals surface area contributed by atoms with E-state index in [1.54, 1.807) is 0 Å². The Balaban J connectivity index is 1.84. The average Bonchev–Trinajstić information content (AvgIpc) is 2.62. The maximum Gasteiger partial charge on any atom is 0.397 e. The monoisotopic (exact) mass is 190 g/mol. The lowest BCUT2D eigenvalue weighted by Gasteiger charge is -2.22. The smallest absolute Gasteiger partial charge is 0.391 e. The lowest BCUT2D eigenvalue weighted by Crippen LogP contribution is -2.24. The van der Waals surface area contributed by atoms with Gasteiger partial charge >= 0.3 is 6.22 Å². The number of piperidine rings is 1. The highest BCUT2D eigenvalue weighted by molar-refractivity contribution is 5.62. The molecule has 2 saturated heterocycles. The Kier molecular flexibility index (Phi) is 2.19. The van der Waals surface area contributed by atoms with Gasteiger partial charge in [-0.25, -0.2) is 0 Å². The SMILES string of the molecule is FC(F)=NOCC12CCN(CC1)C2. The summed E-state index contributed by atoms with van der Waals surface area (Å²) in [7, 11) is 0. The molecular formula is C8H12F2N2O. The van der Waals surface area contributed by atoms with Crippen LogP contribution in [0.4, 0.5) is 8.78 Å². The zero-order valence-corrected chi connectivity index (χ0v) is 7.30. The van der Waals surface area contributed by atoms with Gasteiger partial charge in [-0.3, -0.25) is 0 Å². The van der Waals surface area contributed by atoms with Crippen LogP contribution in [0.15, 0.2) is 5.16 Å². The van der Waals surface area contributed by atoms with Crippen LogP contribution < -0.4 is 0 Å². The summed E-state index contributed by atoms with van der Waals surface area (Å²) in [6, 6.07) is 0. The zero-order chi connectivity index (χ0) is 9.31. The van der Waals surface area contributed by atoms with Crippen LogP contribution in [0.3, 0.4) is 0 Å². The van der Waals surface area contributed by atoms with Gasteiger partial charge in [0.1, 0.15) is 6.61 Å². The van der Waals surface area contributed by atoms with E-state index in [2.05, 4.69) is 14.9 Å². The molecule has 74 valence electrons. The molecule has 3 nitrogen and oxygen atoms in total. The molecule has 2 rings (SSSR count). The van der Waals surface area contributed by atoms with Gasteiger partial charge in [-0.05, 0) is 31.1 Å². The molecule has 2 heterocycles. The van der Waals surface area contributed by atoms with E-state index < -0.39 is 6.22 Å². The Labute approximate surface area is 75.3 Å². The normalized spacial score (nSPS) is 36.3. The van der Waals surface area contributed by atoms with Crippen LogP contribution in [-0.2, 0) is 4.84 Å². The molecule has 0 atom stereocenters. The summed E-state index contributed by atoms with van der Waals surface area (Å²) in [6.07, 6.45) is 0.108. The van der Waals surface area contributed by atoms with Crippen LogP contribution in [0.1, 0.15) is 12.8 Å². The average molecular weight is 190 g/mol. The number of rotatable bonds is 3. The van der Waals surface area contributed by atoms with Crippen LogP contribution in [0, 0.1) is 5.41 Å². The fourth-order valence-corrected chi connectivity index (χ4v) is 2.23. The quantitative estimate of drug-likeness (QED) is 0.495. The van der Waals surface area contributed by atoms with E-state index in [0.717, 1.165) is 32.5 Å². The van der Waals surface area contributed by atoms with E-state index in [1.807, 2.05) is 0 Å². The van der Waals surface area contributed by atoms with Crippen molar-refractivity contribution in [1.29, 1.82) is 0 Å². The standard InChI is InChI=1S/C8H12F2N2O/c9-7(10)11-13-6-8-1-3-12(5-8)4-2-8/h1-6H2. The second-order valence-corrected chi connectivity index (χ2v) is 3.88. The number of hydrogen-bond donors (Lipinski definition) is 0. The van der Waals surface area contributed by atoms with E-state index in [4.69, 9.17) is 0 Å². The van der Waals surface area contributed by atoms with Crippen molar-refractivity contribution >= 4 is 6.22 Å². The fourth-order valence-electron chi connectivity index (χ4n) is 2.23. The van der Waals surface area contributed by atoms with Crippen LogP contribution in [0.2, 0.25) is 0 Å². The van der Waals surface area contributed by atoms with Crippen molar-refractivity contribution in [3.8, 4) is 0 Å². The molecule has 0 aromatic heterocycles. The summed E-state index contributed by atoms with van der Waals surface area (Å²) in [5.74, 6) is 0. The van der Waals surface area contributed by atoms with Crippen LogP contribution >= 0.6 is 0 Å². The lowest BCUT2D eigenvalue weighted by molar-refractivity contribution is 0.0571. The van der Waals surface area contributed by atoms with Gasteiger partial charge in [0.25, 0.3) is 0 Å². The van der Waals surface area contributed by atoms with Gasteiger partial charge in [0, 0.05) is 12.0 Å². The molecule has 0 amide bonds. The van der Waals surface area contributed by atoms with E-state index >= 15 is 0 Å². The largest absolute Gasteiger partial charge is 0.397 e. The van der Waals surface area contributed by atoms with Crippen LogP contribution in [0.5, 0.6) is 0 Å². The van der Waals surface area contributed by atoms with Crippen molar-refractivity contribution in [2.75, 3.05) is 26.2 Å². The first-order chi connectivity index (χ1) is 6.20. The highest BCUT2D eigenvalue weighted by Crippen LogP contribution is 2.40. The van der Waals surface area contributed by atoms with E-state index in [-0.39, 0.29) is 5.41 Å². The Bertz CT molecular complexity index is 220. The number of nitrogens with zero attached hydrogens (tertiary/aromatic N) is 2. The highest BCUT2D eigenvalue weighted by Gasteiger charge is 2.44. The molecule has 13 heavy (non-hydrogen) atoms. The molecule has 2 aliphatic rings. The van der Waals surface area contributed by atoms with Crippen LogP contribution in [-0.4, -0.2) is 37.4 Å². The first-order valence-corrected chi connectivity index (χ1v) is 4.44. The van der Waals surface area contributed by atoms with Crippen LogP contribution in [0.25, 0.3) is 0 Å². The number of oxime groups is 1. The van der Waals surface area contributed by atoms with Crippen molar-refractivity contribution in [2.24, 2.45) is 10.6 Å². The molecule has 0 aromatic rings. The Morgan fingerprint density at radius 3 is 2.54 bits per heavy atom. The second kappa shape index (κ2) is 3.21. The Morgan fingerprint density at radius 1 is 1.38 bits per heavy atom. The lowest BCUT2D eigenvalue weighted by atomic mass is 9.86. The molecule has 2 aliphatic heterocycles. The van der Waals surface area contributed by atoms with Gasteiger partial charge in [-0.1, -0.05) is 0 Å². The van der Waals surface area contributed by atoms with Crippen molar-refractivity contribution in [1.82, 2.24) is 4.90 Å². The maximum absolute atomic E-state index is 11.6. The molecule has 0 unspecified atom stereocenters. The number of hydrogen-bond acceptors (Lipinski definition) is 3. The second-order valence-electron chi connectivity index (χ2n) is 3.88. The molecule has 0 aromatic carbocycles. The summed E-state index contributed by atoms with van der Waals surface area (Å²) in [5, 5.41) is 2.66. The maximum atomic E-state index is 11.6. The third kappa shape index (κ3) is 1.80. The van der Waals surface area contributed by atoms with Gasteiger partial charge < -0.3 is 9.74 Å². The minimum absolute atomic E-state index is 0.110. The van der Waals surface area contributed by atoms with E-state index in [1.165, 1.54) is 0 Å². The van der Waals surface area contributed by atoms with E-state index in [0.29, 0.717) is 6.61 Å². The molecule has 0 spiro atoms. The minimum atomic E-state index is -2.00. The van der Waals surface area contributed by atoms with Crippen molar-refractivity contribution < 1.29 is 13.6 Å². The molecule has 2 bridgehead atoms. The summed E-state index contributed by atoms with van der Waals surface area (Å²) in [5.41, 5.74) is 0.110. The number of halogens is 2. The highest BCUT2D eigenvalue weighted by atomic mass is 19.3. The van der Waals surface area contributed by atoms with Crippen molar-refractivity contribution in [3.05, 3.63) is 0 Å². The third-order valence-corrected chi connectivity index (χ3v) is 2.98. The molecule has 0 radical (unpaired) electrons. The van der Waals surface area contributed by atoms with E-state index in [9.17, 15) is 8.78 Å². The third-order valence-electron chi connectivity index (χ3n) is 2.98. The summed E-state index contributed by atoms with van der Waals surface area (Å²) in [4.78, 5) is 6.94. The summed E-state index contributed by atoms with van der Waals surface area (Å²) >= 11 is 0. The zero-order valence-electron chi connectivity index (χ0n) is 7.30. The van der Waals surface area contributed by atoms with Gasteiger partial charge in [0.2, 0.25) is 0 Å². The molecule has 0 N–H and O–H groups in total. The van der Waals surface area contributed by atoms with Gasteiger partial charge in [0.15, 0.2) is 0 Å². The molecular weight excluding hydrogens is 178 g/mol. The summed E-state index contributed by atoms with van der Waals surface area (Å²) < 4.78 is 23.1. The molecule has 0 aliphatic carbocycles. The first kappa shape index (κ1) is 8.87. The van der Waals surface area contributed by atoms with Gasteiger partial charge in [0.05, 0.1) is 0 Å². The minimum Gasteiger partial charge on any atom is -0.391 e. The van der Waals surface area contributed by atoms with Crippen molar-refractivity contribution in [2.45, 2.75) is 12.8 Å². The topological polar surface area (TPSA) is 24.8 Å². The molecule has 2 fully saturated rings. The fraction of sp³-hybridized carbons (Fsp3) is 0.875. The Hall–Kier alpha value is -0.710. The molecule has 5 heteroatoms. The van der Waals surface area contributed by atoms with Gasteiger partial charge in [-0.15, -0.1) is 8.78 Å². The number of fused-ring (bicyclic) bond motifs is 2. The first-order valence-electron chi connectivity index (χ1n) is 4.44. The van der Waals surface area contributed by atoms with Gasteiger partial charge in [-0.2, -0.15) is 0 Å².